The lowest BCUT2D eigenvalue weighted by atomic mass is 10.0. The van der Waals surface area contributed by atoms with Crippen LogP contribution in [0.3, 0.4) is 0 Å². The molecule has 0 spiro atoms. The van der Waals surface area contributed by atoms with Crippen molar-refractivity contribution in [2.75, 3.05) is 40.9 Å². The number of phosphoric acid groups is 1. The Morgan fingerprint density at radius 3 is 1.07 bits per heavy atom. The number of rotatable bonds is 62. The molecule has 3 unspecified atom stereocenters. The molecule has 0 fully saturated rings. The van der Waals surface area contributed by atoms with Gasteiger partial charge in [-0.15, -0.1) is 0 Å². The molecule has 0 aliphatic heterocycles. The smallest absolute Gasteiger partial charge is 0.268 e. The van der Waals surface area contributed by atoms with E-state index in [-0.39, 0.29) is 19.1 Å². The number of aliphatic hydroxyl groups excluding tert-OH is 1. The first kappa shape index (κ1) is 79.9. The number of nitrogens with zero attached hydrogens (tertiary/aromatic N) is 1. The number of likely N-dealkylation sites (N-methyl/N-ethyl adjacent to an activating group) is 1. The number of phosphoric ester groups is 1. The van der Waals surface area contributed by atoms with Gasteiger partial charge in [-0.05, 0) is 89.9 Å². The number of nitrogens with one attached hydrogen (secondary N) is 1. The summed E-state index contributed by atoms with van der Waals surface area (Å²) in [6, 6.07) is -0.897. The average molecular weight is 1180 g/mol. The monoisotopic (exact) mass is 1170 g/mol. The normalized spacial score (nSPS) is 14.4. The number of carbonyl (C=O) groups excluding carboxylic acids is 1. The van der Waals surface area contributed by atoms with Crippen LogP contribution >= 0.6 is 7.82 Å². The molecule has 0 saturated carbocycles. The van der Waals surface area contributed by atoms with Gasteiger partial charge in [0.25, 0.3) is 7.82 Å². The third-order valence-electron chi connectivity index (χ3n) is 14.9. The summed E-state index contributed by atoms with van der Waals surface area (Å²) < 4.78 is 23.4. The zero-order valence-corrected chi connectivity index (χ0v) is 55.5. The number of hydrogen-bond donors (Lipinski definition) is 2. The van der Waals surface area contributed by atoms with Crippen LogP contribution in [-0.2, 0) is 18.4 Å². The zero-order chi connectivity index (χ0) is 60.5. The molecule has 0 aromatic heterocycles. The molecule has 0 bridgehead atoms. The minimum atomic E-state index is -4.61. The Morgan fingerprint density at radius 2 is 0.735 bits per heavy atom. The standard InChI is InChI=1S/C74H131N2O6P/c1-6-8-10-12-14-16-18-20-22-24-26-28-30-31-32-33-34-35-36-37-38-39-40-41-42-43-44-45-46-48-50-52-54-56-58-60-62-64-66-68-74(78)75-72(71-82-83(79,80)81-70-69-76(3,4)5)73(77)67-65-63-61-59-57-55-53-51-49-47-29-27-25-23-21-19-17-15-13-11-9-7-2/h8,10,14,16,20,22,26,28,31-32,34-35,37-38,40-41,43-44,65,67,72-73,77H,6-7,9,11-13,15,17-19,21,23-25,27,29-30,33,36,39,42,45-64,66,68-71H2,1-5H3,(H-,75,78,79,80)/b10-8-,16-14-,22-20-,28-26-,32-31-,35-34-,38-37-,41-40-,44-43-,67-65+. The van der Waals surface area contributed by atoms with Crippen molar-refractivity contribution in [2.24, 2.45) is 0 Å². The molecule has 1 amide bonds. The van der Waals surface area contributed by atoms with Crippen LogP contribution in [0.1, 0.15) is 290 Å². The van der Waals surface area contributed by atoms with E-state index in [0.29, 0.717) is 17.4 Å². The van der Waals surface area contributed by atoms with Crippen LogP contribution in [0.15, 0.2) is 122 Å². The van der Waals surface area contributed by atoms with E-state index in [1.54, 1.807) is 6.08 Å². The summed E-state index contributed by atoms with van der Waals surface area (Å²) in [5, 5.41) is 13.9. The van der Waals surface area contributed by atoms with Gasteiger partial charge in [-0.25, -0.2) is 0 Å². The maximum atomic E-state index is 13.0. The lowest BCUT2D eigenvalue weighted by molar-refractivity contribution is -0.870. The van der Waals surface area contributed by atoms with Crippen molar-refractivity contribution in [3.63, 3.8) is 0 Å². The highest BCUT2D eigenvalue weighted by atomic mass is 31.2. The lowest BCUT2D eigenvalue weighted by Crippen LogP contribution is -2.45. The van der Waals surface area contributed by atoms with E-state index in [4.69, 9.17) is 9.05 Å². The van der Waals surface area contributed by atoms with Gasteiger partial charge in [0.05, 0.1) is 39.9 Å². The summed E-state index contributed by atoms with van der Waals surface area (Å²) in [7, 11) is 1.25. The maximum absolute atomic E-state index is 13.0. The van der Waals surface area contributed by atoms with Crippen LogP contribution in [0.5, 0.6) is 0 Å². The van der Waals surface area contributed by atoms with Gasteiger partial charge in [-0.1, -0.05) is 315 Å². The fourth-order valence-electron chi connectivity index (χ4n) is 9.62. The van der Waals surface area contributed by atoms with E-state index in [2.05, 4.69) is 129 Å². The van der Waals surface area contributed by atoms with Gasteiger partial charge in [0.1, 0.15) is 13.2 Å². The van der Waals surface area contributed by atoms with Crippen molar-refractivity contribution in [3.8, 4) is 0 Å². The fourth-order valence-corrected chi connectivity index (χ4v) is 10.3. The predicted octanol–water partition coefficient (Wildman–Crippen LogP) is 21.4. The molecule has 0 radical (unpaired) electrons. The minimum Gasteiger partial charge on any atom is -0.756 e. The van der Waals surface area contributed by atoms with E-state index in [0.717, 1.165) is 103 Å². The molecule has 0 heterocycles. The van der Waals surface area contributed by atoms with E-state index in [1.807, 2.05) is 27.2 Å². The van der Waals surface area contributed by atoms with Crippen LogP contribution in [0, 0.1) is 0 Å². The van der Waals surface area contributed by atoms with E-state index < -0.39 is 20.0 Å². The number of quaternary nitrogens is 1. The molecule has 0 aromatic rings. The van der Waals surface area contributed by atoms with Crippen molar-refractivity contribution < 1.29 is 32.9 Å². The molecule has 83 heavy (non-hydrogen) atoms. The van der Waals surface area contributed by atoms with E-state index >= 15 is 0 Å². The van der Waals surface area contributed by atoms with Crippen LogP contribution < -0.4 is 10.2 Å². The number of carbonyl (C=O) groups is 1. The summed E-state index contributed by atoms with van der Waals surface area (Å²) in [5.41, 5.74) is 0. The first-order chi connectivity index (χ1) is 40.5. The predicted molar refractivity (Wildman–Crippen MR) is 362 cm³/mol. The number of allylic oxidation sites excluding steroid dienone is 19. The van der Waals surface area contributed by atoms with Crippen molar-refractivity contribution >= 4 is 13.7 Å². The van der Waals surface area contributed by atoms with Gasteiger partial charge in [0.2, 0.25) is 5.91 Å². The highest BCUT2D eigenvalue weighted by molar-refractivity contribution is 7.45. The topological polar surface area (TPSA) is 108 Å². The van der Waals surface area contributed by atoms with E-state index in [1.165, 1.54) is 167 Å². The summed E-state index contributed by atoms with van der Waals surface area (Å²) in [4.78, 5) is 25.6. The number of unbranched alkanes of at least 4 members (excludes halogenated alkanes) is 31. The van der Waals surface area contributed by atoms with Gasteiger partial charge in [0, 0.05) is 6.42 Å². The Hall–Kier alpha value is -3.10. The quantitative estimate of drug-likeness (QED) is 0.0272. The lowest BCUT2D eigenvalue weighted by Gasteiger charge is -2.29. The van der Waals surface area contributed by atoms with Crippen LogP contribution in [0.4, 0.5) is 0 Å². The Kier molecular flexibility index (Phi) is 61.0. The Morgan fingerprint density at radius 1 is 0.434 bits per heavy atom. The second-order valence-corrected chi connectivity index (χ2v) is 25.6. The first-order valence-electron chi connectivity index (χ1n) is 34.4. The molecular weight excluding hydrogens is 1040 g/mol. The van der Waals surface area contributed by atoms with Gasteiger partial charge < -0.3 is 28.8 Å². The second kappa shape index (κ2) is 63.4. The highest BCUT2D eigenvalue weighted by Gasteiger charge is 2.23. The number of amides is 1. The highest BCUT2D eigenvalue weighted by Crippen LogP contribution is 2.38. The van der Waals surface area contributed by atoms with Gasteiger partial charge in [0.15, 0.2) is 0 Å². The van der Waals surface area contributed by atoms with Gasteiger partial charge >= 0.3 is 0 Å². The molecular formula is C74H131N2O6P. The first-order valence-corrected chi connectivity index (χ1v) is 35.9. The molecule has 0 rings (SSSR count). The molecule has 9 heteroatoms. The third kappa shape index (κ3) is 66.3. The van der Waals surface area contributed by atoms with Crippen molar-refractivity contribution in [2.45, 2.75) is 302 Å². The van der Waals surface area contributed by atoms with Gasteiger partial charge in [-0.3, -0.25) is 9.36 Å². The Bertz CT molecular complexity index is 1770. The maximum Gasteiger partial charge on any atom is 0.268 e. The van der Waals surface area contributed by atoms with Crippen LogP contribution in [0.2, 0.25) is 0 Å². The molecule has 3 atom stereocenters. The fraction of sp³-hybridized carbons (Fsp3) is 0.716. The van der Waals surface area contributed by atoms with Gasteiger partial charge in [-0.2, -0.15) is 0 Å². The Balaban J connectivity index is 4.11. The molecule has 0 saturated heterocycles. The Labute approximate surface area is 514 Å². The third-order valence-corrected chi connectivity index (χ3v) is 15.9. The molecule has 478 valence electrons. The molecule has 2 N–H and O–H groups in total. The van der Waals surface area contributed by atoms with Crippen molar-refractivity contribution in [1.82, 2.24) is 5.32 Å². The van der Waals surface area contributed by atoms with E-state index in [9.17, 15) is 19.4 Å². The molecule has 8 nitrogen and oxygen atoms in total. The SMILES string of the molecule is CC/C=C\C/C=C\C/C=C\C/C=C\C/C=C\C/C=C\C/C=C\C/C=C\C/C=C\CCCCCCCCCCCCCC(=O)NC(COP(=O)([O-])OCC[N+](C)(C)C)C(O)/C=C/CCCCCCCCCCCCCCCCCCCCCC. The summed E-state index contributed by atoms with van der Waals surface area (Å²) in [5.74, 6) is -0.202. The summed E-state index contributed by atoms with van der Waals surface area (Å²) >= 11 is 0. The number of hydrogen-bond acceptors (Lipinski definition) is 6. The second-order valence-electron chi connectivity index (χ2n) is 24.2. The van der Waals surface area contributed by atoms with Crippen molar-refractivity contribution in [3.05, 3.63) is 122 Å². The summed E-state index contributed by atoms with van der Waals surface area (Å²) in [6.45, 7) is 4.55. The zero-order valence-electron chi connectivity index (χ0n) is 54.6. The largest absolute Gasteiger partial charge is 0.756 e. The average Bonchev–Trinajstić information content (AvgIpc) is 3.50. The molecule has 0 aliphatic carbocycles. The van der Waals surface area contributed by atoms with Crippen molar-refractivity contribution in [1.29, 1.82) is 0 Å². The van der Waals surface area contributed by atoms with Crippen LogP contribution in [0.25, 0.3) is 0 Å². The molecule has 0 aromatic carbocycles. The number of aliphatic hydroxyl groups is 1. The van der Waals surface area contributed by atoms with Crippen LogP contribution in [-0.4, -0.2) is 68.5 Å². The molecule has 0 aliphatic rings. The minimum absolute atomic E-state index is 0.00591. The summed E-state index contributed by atoms with van der Waals surface area (Å²) in [6.07, 6.45) is 94.4.